The maximum atomic E-state index is 13.0. The maximum absolute atomic E-state index is 13.0. The van der Waals surface area contributed by atoms with E-state index in [-0.39, 0.29) is 5.91 Å². The number of thiocarbonyl (C=S) groups is 1. The van der Waals surface area contributed by atoms with Gasteiger partial charge in [-0.25, -0.2) is 4.79 Å². The number of amides is 1. The summed E-state index contributed by atoms with van der Waals surface area (Å²) < 4.78 is 6.56. The minimum Gasteiger partial charge on any atom is -0.481 e. The molecule has 0 saturated carbocycles. The van der Waals surface area contributed by atoms with E-state index in [0.717, 1.165) is 21.3 Å². The molecule has 1 N–H and O–H groups in total. The molecule has 0 radical (unpaired) electrons. The molecular formula is C20H16BrNO4S2. The van der Waals surface area contributed by atoms with Crippen molar-refractivity contribution in [1.82, 2.24) is 0 Å². The highest BCUT2D eigenvalue weighted by Crippen LogP contribution is 2.38. The van der Waals surface area contributed by atoms with Crippen LogP contribution in [0, 0.1) is 13.8 Å². The second kappa shape index (κ2) is 8.46. The van der Waals surface area contributed by atoms with Gasteiger partial charge in [-0.2, -0.15) is 0 Å². The van der Waals surface area contributed by atoms with Gasteiger partial charge in [-0.15, -0.1) is 0 Å². The van der Waals surface area contributed by atoms with Gasteiger partial charge >= 0.3 is 5.97 Å². The van der Waals surface area contributed by atoms with Gasteiger partial charge in [0, 0.05) is 10.0 Å². The van der Waals surface area contributed by atoms with E-state index in [9.17, 15) is 9.59 Å². The van der Waals surface area contributed by atoms with Gasteiger partial charge in [0.25, 0.3) is 5.91 Å². The van der Waals surface area contributed by atoms with Crippen LogP contribution in [0.5, 0.6) is 5.75 Å². The van der Waals surface area contributed by atoms with Crippen molar-refractivity contribution >= 4 is 67.9 Å². The molecule has 2 aromatic carbocycles. The predicted octanol–water partition coefficient (Wildman–Crippen LogP) is 4.94. The fourth-order valence-electron chi connectivity index (χ4n) is 2.60. The molecule has 1 fully saturated rings. The first kappa shape index (κ1) is 20.6. The lowest BCUT2D eigenvalue weighted by Crippen LogP contribution is -2.27. The topological polar surface area (TPSA) is 66.8 Å². The number of hydrogen-bond acceptors (Lipinski definition) is 5. The van der Waals surface area contributed by atoms with Crippen LogP contribution < -0.4 is 9.64 Å². The highest BCUT2D eigenvalue weighted by molar-refractivity contribution is 9.10. The Balaban J connectivity index is 1.94. The van der Waals surface area contributed by atoms with Crippen LogP contribution in [0.25, 0.3) is 6.08 Å². The van der Waals surface area contributed by atoms with E-state index in [1.165, 1.54) is 16.7 Å². The average molecular weight is 478 g/mol. The number of aliphatic carboxylic acids is 1. The molecule has 0 bridgehead atoms. The number of aryl methyl sites for hydroxylation is 2. The lowest BCUT2D eigenvalue weighted by molar-refractivity contribution is -0.139. The van der Waals surface area contributed by atoms with E-state index in [0.29, 0.717) is 20.5 Å². The smallest absolute Gasteiger partial charge is 0.341 e. The van der Waals surface area contributed by atoms with Crippen molar-refractivity contribution < 1.29 is 19.4 Å². The number of rotatable bonds is 5. The summed E-state index contributed by atoms with van der Waals surface area (Å²) in [4.78, 5) is 25.7. The number of carboxylic acid groups (broad SMARTS) is 1. The van der Waals surface area contributed by atoms with E-state index in [2.05, 4.69) is 15.9 Å². The summed E-state index contributed by atoms with van der Waals surface area (Å²) in [7, 11) is 0. The van der Waals surface area contributed by atoms with Crippen molar-refractivity contribution in [1.29, 1.82) is 0 Å². The summed E-state index contributed by atoms with van der Waals surface area (Å²) in [6.45, 7) is 3.53. The number of carbonyl (C=O) groups excluding carboxylic acids is 1. The highest BCUT2D eigenvalue weighted by atomic mass is 79.9. The molecule has 1 amide bonds. The Morgan fingerprint density at radius 3 is 2.68 bits per heavy atom. The molecule has 8 heteroatoms. The van der Waals surface area contributed by atoms with E-state index >= 15 is 0 Å². The number of ether oxygens (including phenoxy) is 1. The standard InChI is InChI=1S/C20H16BrNO4S2/c1-11-3-5-15(7-12(11)2)22-19(25)17(28-20(22)27)9-13-8-14(21)4-6-16(13)26-10-18(23)24/h3-9H,10H2,1-2H3,(H,23,24)/b17-9+. The minimum absolute atomic E-state index is 0.220. The SMILES string of the molecule is Cc1ccc(N2C(=O)/C(=C\c3cc(Br)ccc3OCC(=O)O)SC2=S)cc1C. The quantitative estimate of drug-likeness (QED) is 0.486. The Bertz CT molecular complexity index is 1020. The monoisotopic (exact) mass is 477 g/mol. The van der Waals surface area contributed by atoms with Gasteiger partial charge in [0.15, 0.2) is 10.9 Å². The van der Waals surface area contributed by atoms with Crippen LogP contribution in [0.3, 0.4) is 0 Å². The molecule has 0 aliphatic carbocycles. The molecule has 1 aliphatic rings. The van der Waals surface area contributed by atoms with Crippen LogP contribution in [0.15, 0.2) is 45.8 Å². The largest absolute Gasteiger partial charge is 0.481 e. The van der Waals surface area contributed by atoms with Gasteiger partial charge in [0.1, 0.15) is 5.75 Å². The molecule has 0 aromatic heterocycles. The van der Waals surface area contributed by atoms with Crippen LogP contribution in [-0.4, -0.2) is 27.9 Å². The Hall–Kier alpha value is -2.16. The fraction of sp³-hybridized carbons (Fsp3) is 0.150. The van der Waals surface area contributed by atoms with Crippen molar-refractivity contribution in [2.45, 2.75) is 13.8 Å². The van der Waals surface area contributed by atoms with Gasteiger partial charge < -0.3 is 9.84 Å². The summed E-state index contributed by atoms with van der Waals surface area (Å²) in [6, 6.07) is 10.9. The summed E-state index contributed by atoms with van der Waals surface area (Å²) in [6.07, 6.45) is 1.67. The van der Waals surface area contributed by atoms with Gasteiger partial charge in [-0.3, -0.25) is 9.69 Å². The first-order valence-corrected chi connectivity index (χ1v) is 10.3. The van der Waals surface area contributed by atoms with Crippen molar-refractivity contribution in [3.63, 3.8) is 0 Å². The predicted molar refractivity (Wildman–Crippen MR) is 119 cm³/mol. The second-order valence-corrected chi connectivity index (χ2v) is 8.74. The number of halogens is 1. The number of benzene rings is 2. The van der Waals surface area contributed by atoms with Gasteiger partial charge in [0.2, 0.25) is 0 Å². The lowest BCUT2D eigenvalue weighted by atomic mass is 10.1. The number of hydrogen-bond donors (Lipinski definition) is 1. The Kier molecular flexibility index (Phi) is 6.22. The van der Waals surface area contributed by atoms with E-state index in [4.69, 9.17) is 22.1 Å². The summed E-state index contributed by atoms with van der Waals surface area (Å²) in [5.74, 6) is -0.917. The molecule has 1 heterocycles. The average Bonchev–Trinajstić information content (AvgIpc) is 2.90. The summed E-state index contributed by atoms with van der Waals surface area (Å²) in [5.41, 5.74) is 3.53. The van der Waals surface area contributed by atoms with Crippen molar-refractivity contribution in [3.8, 4) is 5.75 Å². The number of thioether (sulfide) groups is 1. The normalized spacial score (nSPS) is 15.4. The van der Waals surface area contributed by atoms with Gasteiger partial charge in [0.05, 0.1) is 10.6 Å². The zero-order valence-corrected chi connectivity index (χ0v) is 18.3. The molecule has 0 unspecified atom stereocenters. The van der Waals surface area contributed by atoms with Gasteiger partial charge in [-0.05, 0) is 61.4 Å². The molecule has 1 saturated heterocycles. The van der Waals surface area contributed by atoms with Gasteiger partial charge in [-0.1, -0.05) is 46.0 Å². The van der Waals surface area contributed by atoms with Crippen LogP contribution in [-0.2, 0) is 9.59 Å². The van der Waals surface area contributed by atoms with E-state index < -0.39 is 12.6 Å². The second-order valence-electron chi connectivity index (χ2n) is 6.15. The number of carbonyl (C=O) groups is 2. The molecular weight excluding hydrogens is 462 g/mol. The van der Waals surface area contributed by atoms with Crippen molar-refractivity contribution in [2.24, 2.45) is 0 Å². The lowest BCUT2D eigenvalue weighted by Gasteiger charge is -2.16. The molecule has 5 nitrogen and oxygen atoms in total. The van der Waals surface area contributed by atoms with Crippen LogP contribution in [0.1, 0.15) is 16.7 Å². The zero-order valence-electron chi connectivity index (χ0n) is 15.1. The molecule has 144 valence electrons. The molecule has 2 aromatic rings. The van der Waals surface area contributed by atoms with Crippen LogP contribution >= 0.6 is 39.9 Å². The Morgan fingerprint density at radius 1 is 1.25 bits per heavy atom. The number of anilines is 1. The highest BCUT2D eigenvalue weighted by Gasteiger charge is 2.33. The molecule has 3 rings (SSSR count). The van der Waals surface area contributed by atoms with E-state index in [1.54, 1.807) is 24.3 Å². The third-order valence-corrected chi connectivity index (χ3v) is 5.95. The summed E-state index contributed by atoms with van der Waals surface area (Å²) in [5, 5.41) is 8.85. The molecule has 28 heavy (non-hydrogen) atoms. The Labute approximate surface area is 180 Å². The van der Waals surface area contributed by atoms with Crippen LogP contribution in [0.2, 0.25) is 0 Å². The van der Waals surface area contributed by atoms with Crippen molar-refractivity contribution in [3.05, 3.63) is 62.5 Å². The molecule has 1 aliphatic heterocycles. The first-order valence-electron chi connectivity index (χ1n) is 8.25. The third-order valence-electron chi connectivity index (χ3n) is 4.15. The minimum atomic E-state index is -1.07. The van der Waals surface area contributed by atoms with E-state index in [1.807, 2.05) is 32.0 Å². The maximum Gasteiger partial charge on any atom is 0.341 e. The first-order chi connectivity index (χ1) is 13.3. The zero-order chi connectivity index (χ0) is 20.4. The van der Waals surface area contributed by atoms with Crippen molar-refractivity contribution in [2.75, 3.05) is 11.5 Å². The Morgan fingerprint density at radius 2 is 2.00 bits per heavy atom. The third kappa shape index (κ3) is 4.45. The fourth-order valence-corrected chi connectivity index (χ4v) is 4.27. The molecule has 0 atom stereocenters. The number of carboxylic acids is 1. The van der Waals surface area contributed by atoms with Crippen LogP contribution in [0.4, 0.5) is 5.69 Å². The summed E-state index contributed by atoms with van der Waals surface area (Å²) >= 11 is 10.0. The number of nitrogens with zero attached hydrogens (tertiary/aromatic N) is 1. The molecule has 0 spiro atoms.